The van der Waals surface area contributed by atoms with Crippen molar-refractivity contribution in [3.8, 4) is 0 Å². The smallest absolute Gasteiger partial charge is 0.0991 e. The van der Waals surface area contributed by atoms with Crippen LogP contribution in [-0.4, -0.2) is 41.6 Å². The van der Waals surface area contributed by atoms with Crippen LogP contribution in [0.2, 0.25) is 0 Å². The second-order valence-electron chi connectivity index (χ2n) is 8.28. The average molecular weight is 379 g/mol. The summed E-state index contributed by atoms with van der Waals surface area (Å²) in [6.45, 7) is 6.79. The molecule has 0 aliphatic carbocycles. The van der Waals surface area contributed by atoms with Crippen LogP contribution in [0.4, 0.5) is 0 Å². The number of nitrogens with zero attached hydrogens (tertiary/aromatic N) is 2. The first-order chi connectivity index (χ1) is 13.2. The number of hydrogen-bond donors (Lipinski definition) is 1. The molecular formula is C24H46N2O. The molecule has 0 fully saturated rings. The molecule has 1 aliphatic heterocycles. The highest BCUT2D eigenvalue weighted by atomic mass is 16.3. The fourth-order valence-corrected chi connectivity index (χ4v) is 3.81. The van der Waals surface area contributed by atoms with Crippen molar-refractivity contribution in [2.24, 2.45) is 4.99 Å². The van der Waals surface area contributed by atoms with Crippen LogP contribution in [0.25, 0.3) is 0 Å². The summed E-state index contributed by atoms with van der Waals surface area (Å²) in [6, 6.07) is 0. The Morgan fingerprint density at radius 3 is 2.04 bits per heavy atom. The zero-order valence-corrected chi connectivity index (χ0v) is 18.3. The number of aliphatic hydroxyl groups excluding tert-OH is 1. The van der Waals surface area contributed by atoms with E-state index in [9.17, 15) is 5.11 Å². The molecular weight excluding hydrogens is 332 g/mol. The highest BCUT2D eigenvalue weighted by molar-refractivity contribution is 5.83. The van der Waals surface area contributed by atoms with Gasteiger partial charge in [-0.3, -0.25) is 4.99 Å². The lowest BCUT2D eigenvalue weighted by molar-refractivity contribution is 0.162. The van der Waals surface area contributed by atoms with Gasteiger partial charge in [-0.2, -0.15) is 0 Å². The minimum absolute atomic E-state index is 0.256. The Labute approximate surface area is 169 Å². The van der Waals surface area contributed by atoms with Gasteiger partial charge in [-0.05, 0) is 39.0 Å². The van der Waals surface area contributed by atoms with Crippen LogP contribution >= 0.6 is 0 Å². The third kappa shape index (κ3) is 13.9. The largest absolute Gasteiger partial charge is 0.392 e. The quantitative estimate of drug-likeness (QED) is 0.218. The molecule has 0 saturated carbocycles. The van der Waals surface area contributed by atoms with Crippen LogP contribution in [0.5, 0.6) is 0 Å². The van der Waals surface area contributed by atoms with Gasteiger partial charge in [-0.1, -0.05) is 76.9 Å². The highest BCUT2D eigenvalue weighted by Gasteiger charge is 2.17. The zero-order valence-electron chi connectivity index (χ0n) is 18.3. The molecule has 0 aromatic rings. The van der Waals surface area contributed by atoms with E-state index in [0.717, 1.165) is 26.1 Å². The number of aliphatic hydroxyl groups is 1. The normalized spacial score (nSPS) is 15.7. The summed E-state index contributed by atoms with van der Waals surface area (Å²) in [5, 5.41) is 9.54. The van der Waals surface area contributed by atoms with Gasteiger partial charge in [0.25, 0.3) is 0 Å². The van der Waals surface area contributed by atoms with Crippen molar-refractivity contribution in [2.45, 2.75) is 116 Å². The van der Waals surface area contributed by atoms with Crippen LogP contribution in [0.3, 0.4) is 0 Å². The van der Waals surface area contributed by atoms with Crippen LogP contribution in [0.15, 0.2) is 17.1 Å². The van der Waals surface area contributed by atoms with Gasteiger partial charge < -0.3 is 10.0 Å². The summed E-state index contributed by atoms with van der Waals surface area (Å²) in [4.78, 5) is 6.87. The van der Waals surface area contributed by atoms with E-state index in [-0.39, 0.29) is 6.10 Å². The van der Waals surface area contributed by atoms with Crippen molar-refractivity contribution in [1.82, 2.24) is 4.90 Å². The molecule has 158 valence electrons. The maximum atomic E-state index is 9.54. The summed E-state index contributed by atoms with van der Waals surface area (Å²) < 4.78 is 0. The Kier molecular flexibility index (Phi) is 15.5. The van der Waals surface area contributed by atoms with Gasteiger partial charge in [0.2, 0.25) is 0 Å². The molecule has 0 saturated heterocycles. The van der Waals surface area contributed by atoms with E-state index in [1.54, 1.807) is 0 Å². The number of aliphatic imine (C=N–C) groups is 1. The molecule has 3 heteroatoms. The fraction of sp³-hybridized carbons (Fsp3) is 0.875. The summed E-state index contributed by atoms with van der Waals surface area (Å²) in [5.74, 6) is 1.23. The first kappa shape index (κ1) is 24.2. The van der Waals surface area contributed by atoms with Gasteiger partial charge >= 0.3 is 0 Å². The van der Waals surface area contributed by atoms with Gasteiger partial charge in [0.15, 0.2) is 0 Å². The van der Waals surface area contributed by atoms with Crippen molar-refractivity contribution in [3.05, 3.63) is 12.2 Å². The van der Waals surface area contributed by atoms with Crippen molar-refractivity contribution in [3.63, 3.8) is 0 Å². The molecule has 0 spiro atoms. The van der Waals surface area contributed by atoms with Crippen molar-refractivity contribution < 1.29 is 5.11 Å². The number of rotatable bonds is 18. The first-order valence-corrected chi connectivity index (χ1v) is 11.9. The molecule has 1 N–H and O–H groups in total. The van der Waals surface area contributed by atoms with Gasteiger partial charge in [-0.25, -0.2) is 0 Å². The summed E-state index contributed by atoms with van der Waals surface area (Å²) in [5.41, 5.74) is 0. The van der Waals surface area contributed by atoms with E-state index in [4.69, 9.17) is 0 Å². The SMILES string of the molecule is CCCCCCCCC=CCCCCCCCCC1=NCCN1CC(C)O. The number of β-amino-alcohol motifs (C(OH)–C–C–N with tert-alkyl or cyclic N) is 1. The molecule has 0 bridgehead atoms. The summed E-state index contributed by atoms with van der Waals surface area (Å²) >= 11 is 0. The van der Waals surface area contributed by atoms with Gasteiger partial charge in [-0.15, -0.1) is 0 Å². The van der Waals surface area contributed by atoms with E-state index in [1.165, 1.54) is 95.7 Å². The summed E-state index contributed by atoms with van der Waals surface area (Å²) in [6.07, 6.45) is 24.6. The van der Waals surface area contributed by atoms with Gasteiger partial charge in [0, 0.05) is 19.5 Å². The van der Waals surface area contributed by atoms with Gasteiger partial charge in [0.1, 0.15) is 0 Å². The maximum Gasteiger partial charge on any atom is 0.0991 e. The van der Waals surface area contributed by atoms with E-state index in [0.29, 0.717) is 0 Å². The van der Waals surface area contributed by atoms with E-state index in [2.05, 4.69) is 29.0 Å². The first-order valence-electron chi connectivity index (χ1n) is 11.9. The number of allylic oxidation sites excluding steroid dienone is 2. The second-order valence-corrected chi connectivity index (χ2v) is 8.28. The minimum atomic E-state index is -0.256. The van der Waals surface area contributed by atoms with Crippen molar-refractivity contribution >= 4 is 5.84 Å². The van der Waals surface area contributed by atoms with Gasteiger partial charge in [0.05, 0.1) is 18.5 Å². The third-order valence-electron chi connectivity index (χ3n) is 5.43. The monoisotopic (exact) mass is 378 g/mol. The molecule has 1 aliphatic rings. The molecule has 3 nitrogen and oxygen atoms in total. The molecule has 1 rings (SSSR count). The second kappa shape index (κ2) is 17.3. The molecule has 1 heterocycles. The van der Waals surface area contributed by atoms with E-state index in [1.807, 2.05) is 6.92 Å². The molecule has 0 aromatic carbocycles. The average Bonchev–Trinajstić information content (AvgIpc) is 3.07. The number of unbranched alkanes of at least 4 members (excludes halogenated alkanes) is 12. The minimum Gasteiger partial charge on any atom is -0.392 e. The Hall–Kier alpha value is -0.830. The molecule has 0 radical (unpaired) electrons. The lowest BCUT2D eigenvalue weighted by Gasteiger charge is -2.21. The number of hydrogen-bond acceptors (Lipinski definition) is 3. The zero-order chi connectivity index (χ0) is 19.6. The Morgan fingerprint density at radius 2 is 1.44 bits per heavy atom. The molecule has 1 atom stereocenters. The standard InChI is InChI=1S/C24H46N2O/c1-3-4-5-6-7-8-9-10-11-12-13-14-15-16-17-18-19-24-25-20-21-26(24)22-23(2)27/h10-11,23,27H,3-9,12-22H2,1-2H3. The summed E-state index contributed by atoms with van der Waals surface area (Å²) in [7, 11) is 0. The Balaban J connectivity index is 1.83. The molecule has 0 aromatic heterocycles. The Morgan fingerprint density at radius 1 is 0.889 bits per heavy atom. The molecule has 0 amide bonds. The lowest BCUT2D eigenvalue weighted by Crippen LogP contribution is -2.34. The third-order valence-corrected chi connectivity index (χ3v) is 5.43. The predicted octanol–water partition coefficient (Wildman–Crippen LogP) is 6.51. The predicted molar refractivity (Wildman–Crippen MR) is 120 cm³/mol. The number of amidine groups is 1. The lowest BCUT2D eigenvalue weighted by atomic mass is 10.1. The Bertz CT molecular complexity index is 390. The van der Waals surface area contributed by atoms with Crippen LogP contribution in [-0.2, 0) is 0 Å². The van der Waals surface area contributed by atoms with Crippen LogP contribution in [0, 0.1) is 0 Å². The maximum absolute atomic E-state index is 9.54. The van der Waals surface area contributed by atoms with Crippen LogP contribution < -0.4 is 0 Å². The topological polar surface area (TPSA) is 35.8 Å². The highest BCUT2D eigenvalue weighted by Crippen LogP contribution is 2.13. The van der Waals surface area contributed by atoms with E-state index < -0.39 is 0 Å². The van der Waals surface area contributed by atoms with Crippen molar-refractivity contribution in [1.29, 1.82) is 0 Å². The molecule has 27 heavy (non-hydrogen) atoms. The molecule has 1 unspecified atom stereocenters. The van der Waals surface area contributed by atoms with Crippen molar-refractivity contribution in [2.75, 3.05) is 19.6 Å². The van der Waals surface area contributed by atoms with E-state index >= 15 is 0 Å². The fourth-order valence-electron chi connectivity index (χ4n) is 3.81. The van der Waals surface area contributed by atoms with Crippen LogP contribution in [0.1, 0.15) is 110 Å².